The Morgan fingerprint density at radius 3 is 2.70 bits per heavy atom. The topological polar surface area (TPSA) is 37.3 Å². The predicted octanol–water partition coefficient (Wildman–Crippen LogP) is 1.43. The zero-order chi connectivity index (χ0) is 7.30. The number of carbonyl (C=O) groups excluding carboxylic acids is 1. The van der Waals surface area contributed by atoms with E-state index in [1.165, 1.54) is 0 Å². The molecule has 1 N–H and O–H groups in total. The van der Waals surface area contributed by atoms with E-state index in [0.717, 1.165) is 6.42 Å². The van der Waals surface area contributed by atoms with Gasteiger partial charge in [-0.15, -0.1) is 0 Å². The van der Waals surface area contributed by atoms with Gasteiger partial charge in [-0.2, -0.15) is 0 Å². The molecule has 0 bridgehead atoms. The highest BCUT2D eigenvalue weighted by Gasteiger charge is 2.50. The lowest BCUT2D eigenvalue weighted by Crippen LogP contribution is -2.00. The van der Waals surface area contributed by atoms with E-state index in [0.29, 0.717) is 23.8 Å². The Balaban J connectivity index is 2.36. The molecule has 0 heterocycles. The summed E-state index contributed by atoms with van der Waals surface area (Å²) >= 11 is 0. The monoisotopic (exact) mass is 138 g/mol. The van der Waals surface area contributed by atoms with E-state index in [1.807, 2.05) is 0 Å². The second kappa shape index (κ2) is 1.62. The van der Waals surface area contributed by atoms with Gasteiger partial charge in [0, 0.05) is 12.0 Å². The van der Waals surface area contributed by atoms with Crippen molar-refractivity contribution in [2.75, 3.05) is 0 Å². The van der Waals surface area contributed by atoms with Gasteiger partial charge >= 0.3 is 0 Å². The second-order valence-electron chi connectivity index (χ2n) is 3.23. The van der Waals surface area contributed by atoms with Crippen molar-refractivity contribution in [3.8, 4) is 0 Å². The average Bonchev–Trinajstić information content (AvgIpc) is 2.42. The van der Waals surface area contributed by atoms with Gasteiger partial charge in [0.25, 0.3) is 0 Å². The van der Waals surface area contributed by atoms with Crippen molar-refractivity contribution in [2.45, 2.75) is 19.8 Å². The number of carbonyl (C=O) groups is 1. The fourth-order valence-corrected chi connectivity index (χ4v) is 1.85. The van der Waals surface area contributed by atoms with Crippen molar-refractivity contribution in [1.82, 2.24) is 0 Å². The first-order valence-corrected chi connectivity index (χ1v) is 3.63. The van der Waals surface area contributed by atoms with Gasteiger partial charge in [0.2, 0.25) is 0 Å². The number of fused-ring (bicyclic) bond motifs is 1. The fourth-order valence-electron chi connectivity index (χ4n) is 1.85. The largest absolute Gasteiger partial charge is 0.512 e. The van der Waals surface area contributed by atoms with Crippen LogP contribution in [0.1, 0.15) is 19.8 Å². The maximum absolute atomic E-state index is 11.0. The minimum Gasteiger partial charge on any atom is -0.512 e. The molecule has 2 rings (SSSR count). The molecule has 2 saturated carbocycles. The van der Waals surface area contributed by atoms with Crippen molar-refractivity contribution < 1.29 is 9.90 Å². The summed E-state index contributed by atoms with van der Waals surface area (Å²) in [7, 11) is 0. The molecular weight excluding hydrogens is 128 g/mol. The molecule has 0 aromatic rings. The molecule has 0 radical (unpaired) electrons. The first kappa shape index (κ1) is 5.96. The summed E-state index contributed by atoms with van der Waals surface area (Å²) in [5.41, 5.74) is 0.713. The van der Waals surface area contributed by atoms with Crippen LogP contribution in [0.25, 0.3) is 0 Å². The molecule has 2 atom stereocenters. The van der Waals surface area contributed by atoms with Crippen LogP contribution in [0.3, 0.4) is 0 Å². The Morgan fingerprint density at radius 2 is 2.40 bits per heavy atom. The first-order chi connectivity index (χ1) is 4.70. The minimum atomic E-state index is 0.168. The standard InChI is InChI=1S/C8H10O2/c1-4(9)8-6-2-5(6)3-7(8)10/h5-6,9H,2-3H2,1H3/b8-4-/t5-,6-/m0/s1. The third kappa shape index (κ3) is 0.618. The molecule has 2 nitrogen and oxygen atoms in total. The van der Waals surface area contributed by atoms with Gasteiger partial charge in [-0.3, -0.25) is 4.79 Å². The summed E-state index contributed by atoms with van der Waals surface area (Å²) in [6.45, 7) is 1.61. The second-order valence-corrected chi connectivity index (χ2v) is 3.23. The Hall–Kier alpha value is -0.790. The molecule has 2 aliphatic carbocycles. The van der Waals surface area contributed by atoms with Gasteiger partial charge in [-0.1, -0.05) is 0 Å². The molecule has 2 fully saturated rings. The van der Waals surface area contributed by atoms with Gasteiger partial charge in [0.15, 0.2) is 5.78 Å². The number of aliphatic hydroxyl groups is 1. The zero-order valence-electron chi connectivity index (χ0n) is 5.92. The molecule has 0 aromatic heterocycles. The van der Waals surface area contributed by atoms with Crippen molar-refractivity contribution in [3.63, 3.8) is 0 Å². The first-order valence-electron chi connectivity index (χ1n) is 3.63. The smallest absolute Gasteiger partial charge is 0.162 e. The zero-order valence-corrected chi connectivity index (χ0v) is 5.92. The highest BCUT2D eigenvalue weighted by atomic mass is 16.3. The van der Waals surface area contributed by atoms with E-state index in [4.69, 9.17) is 5.11 Å². The number of ketones is 1. The lowest BCUT2D eigenvalue weighted by molar-refractivity contribution is -0.115. The Labute approximate surface area is 59.5 Å². The van der Waals surface area contributed by atoms with Crippen LogP contribution in [-0.4, -0.2) is 10.9 Å². The molecule has 2 heteroatoms. The lowest BCUT2D eigenvalue weighted by Gasteiger charge is -1.97. The summed E-state index contributed by atoms with van der Waals surface area (Å²) in [5, 5.41) is 9.08. The lowest BCUT2D eigenvalue weighted by atomic mass is 10.1. The summed E-state index contributed by atoms with van der Waals surface area (Å²) in [4.78, 5) is 11.0. The van der Waals surface area contributed by atoms with Crippen LogP contribution in [-0.2, 0) is 4.79 Å². The maximum atomic E-state index is 11.0. The molecule has 0 aliphatic heterocycles. The molecule has 0 unspecified atom stereocenters. The van der Waals surface area contributed by atoms with Crippen molar-refractivity contribution in [2.24, 2.45) is 11.8 Å². The number of rotatable bonds is 0. The minimum absolute atomic E-state index is 0.168. The third-order valence-corrected chi connectivity index (χ3v) is 2.43. The number of allylic oxidation sites excluding steroid dienone is 2. The third-order valence-electron chi connectivity index (χ3n) is 2.43. The van der Waals surface area contributed by atoms with Crippen molar-refractivity contribution in [3.05, 3.63) is 11.3 Å². The highest BCUT2D eigenvalue weighted by molar-refractivity contribution is 6.00. The molecule has 0 aromatic carbocycles. The van der Waals surface area contributed by atoms with Crippen LogP contribution in [0.5, 0.6) is 0 Å². The van der Waals surface area contributed by atoms with E-state index in [9.17, 15) is 4.79 Å². The van der Waals surface area contributed by atoms with Crippen molar-refractivity contribution >= 4 is 5.78 Å². The molecule has 0 saturated heterocycles. The highest BCUT2D eigenvalue weighted by Crippen LogP contribution is 2.53. The number of hydrogen-bond acceptors (Lipinski definition) is 2. The average molecular weight is 138 g/mol. The van der Waals surface area contributed by atoms with E-state index in [2.05, 4.69) is 0 Å². The molecule has 10 heavy (non-hydrogen) atoms. The molecule has 0 amide bonds. The normalized spacial score (nSPS) is 41.5. The Morgan fingerprint density at radius 1 is 1.70 bits per heavy atom. The van der Waals surface area contributed by atoms with Crippen LogP contribution < -0.4 is 0 Å². The van der Waals surface area contributed by atoms with Gasteiger partial charge in [0.05, 0.1) is 5.76 Å². The van der Waals surface area contributed by atoms with E-state index in [1.54, 1.807) is 6.92 Å². The van der Waals surface area contributed by atoms with Crippen LogP contribution in [0.4, 0.5) is 0 Å². The number of aliphatic hydroxyl groups excluding tert-OH is 1. The summed E-state index contributed by atoms with van der Waals surface area (Å²) in [6.07, 6.45) is 1.80. The van der Waals surface area contributed by atoms with Crippen LogP contribution in [0, 0.1) is 11.8 Å². The quantitative estimate of drug-likeness (QED) is 0.406. The fraction of sp³-hybridized carbons (Fsp3) is 0.625. The van der Waals surface area contributed by atoms with E-state index >= 15 is 0 Å². The summed E-state index contributed by atoms with van der Waals surface area (Å²) < 4.78 is 0. The van der Waals surface area contributed by atoms with Crippen LogP contribution in [0.15, 0.2) is 11.3 Å². The van der Waals surface area contributed by atoms with E-state index in [-0.39, 0.29) is 11.5 Å². The molecule has 2 aliphatic rings. The van der Waals surface area contributed by atoms with Gasteiger partial charge in [0.1, 0.15) is 0 Å². The van der Waals surface area contributed by atoms with Crippen molar-refractivity contribution in [1.29, 1.82) is 0 Å². The van der Waals surface area contributed by atoms with Crippen LogP contribution in [0.2, 0.25) is 0 Å². The molecule has 0 spiro atoms. The number of hydrogen-bond donors (Lipinski definition) is 1. The molecule has 54 valence electrons. The Kier molecular flexibility index (Phi) is 0.967. The molecular formula is C8H10O2. The van der Waals surface area contributed by atoms with Gasteiger partial charge < -0.3 is 5.11 Å². The summed E-state index contributed by atoms with van der Waals surface area (Å²) in [6, 6.07) is 0. The van der Waals surface area contributed by atoms with Crippen LogP contribution >= 0.6 is 0 Å². The predicted molar refractivity (Wildman–Crippen MR) is 36.5 cm³/mol. The SMILES string of the molecule is C/C(O)=C1/C(=O)C[C@@H]2C[C@H]12. The maximum Gasteiger partial charge on any atom is 0.162 e. The van der Waals surface area contributed by atoms with Gasteiger partial charge in [-0.05, 0) is 25.2 Å². The number of Topliss-reactive ketones (excluding diaryl/α,β-unsaturated/α-hetero) is 1. The Bertz CT molecular complexity index is 223. The summed E-state index contributed by atoms with van der Waals surface area (Å²) in [5.74, 6) is 1.43. The van der Waals surface area contributed by atoms with E-state index < -0.39 is 0 Å². The van der Waals surface area contributed by atoms with Gasteiger partial charge in [-0.25, -0.2) is 0 Å².